The third-order valence-electron chi connectivity index (χ3n) is 7.08. The summed E-state index contributed by atoms with van der Waals surface area (Å²) in [7, 11) is 0. The van der Waals surface area contributed by atoms with Gasteiger partial charge in [0.1, 0.15) is 17.1 Å². The third kappa shape index (κ3) is 6.42. The molecular formula is C28H26F4N6O4. The van der Waals surface area contributed by atoms with Gasteiger partial charge in [0.15, 0.2) is 5.82 Å². The number of benzene rings is 2. The van der Waals surface area contributed by atoms with Crippen LogP contribution in [0.1, 0.15) is 53.3 Å². The number of nitrogens with one attached hydrogen (secondary N) is 2. The molecule has 1 amide bonds. The molecule has 1 unspecified atom stereocenters. The van der Waals surface area contributed by atoms with Gasteiger partial charge in [-0.05, 0) is 61.2 Å². The number of aromatic nitrogens is 4. The fraction of sp³-hybridized carbons (Fsp3) is 0.321. The van der Waals surface area contributed by atoms with Gasteiger partial charge >= 0.3 is 12.1 Å². The molecule has 0 saturated heterocycles. The van der Waals surface area contributed by atoms with E-state index in [1.54, 1.807) is 18.2 Å². The quantitative estimate of drug-likeness (QED) is 0.249. The molecule has 3 heterocycles. The first-order chi connectivity index (χ1) is 20.0. The number of anilines is 1. The number of nitrogens with two attached hydrogens (primary N) is 1. The van der Waals surface area contributed by atoms with Crippen LogP contribution in [0.2, 0.25) is 0 Å². The first kappa shape index (κ1) is 28.8. The van der Waals surface area contributed by atoms with Crippen molar-refractivity contribution in [2.45, 2.75) is 50.2 Å². The Morgan fingerprint density at radius 3 is 2.52 bits per heavy atom. The zero-order valence-electron chi connectivity index (χ0n) is 22.0. The van der Waals surface area contributed by atoms with E-state index in [0.29, 0.717) is 41.2 Å². The minimum Gasteiger partial charge on any atom is -0.493 e. The number of carboxylic acid groups (broad SMARTS) is 1. The first-order valence-electron chi connectivity index (χ1n) is 13.1. The molecule has 1 aliphatic heterocycles. The van der Waals surface area contributed by atoms with E-state index in [1.807, 2.05) is 12.1 Å². The summed E-state index contributed by atoms with van der Waals surface area (Å²) < 4.78 is 52.6. The molecule has 10 nitrogen and oxygen atoms in total. The van der Waals surface area contributed by atoms with Crippen molar-refractivity contribution in [3.05, 3.63) is 65.4 Å². The lowest BCUT2D eigenvalue weighted by atomic mass is 9.94. The standard InChI is InChI=1S/C26H25FN6O2.C2HF3O2/c27-19-11-15(20-7-8-29-26(28)32-20)12-21-23(19)33-24(31-21)17-10-16-9-14(5-6-22(16)35-13-17)25(34)30-18-3-1-2-4-18;3-2(4,5)1(6)7/h5-9,11-12,17-18H,1-4,10,13H2,(H,30,34)(H,31,33)(H2,28,29,32);(H,6,7). The number of amides is 1. The largest absolute Gasteiger partial charge is 0.493 e. The number of hydrogen-bond acceptors (Lipinski definition) is 7. The van der Waals surface area contributed by atoms with Crippen LogP contribution in [0.4, 0.5) is 23.5 Å². The Morgan fingerprint density at radius 2 is 1.83 bits per heavy atom. The maximum atomic E-state index is 14.9. The van der Waals surface area contributed by atoms with Crippen LogP contribution in [0.15, 0.2) is 42.6 Å². The van der Waals surface area contributed by atoms with Crippen molar-refractivity contribution in [3.8, 4) is 17.0 Å². The molecule has 0 bridgehead atoms. The SMILES string of the molecule is Nc1nccc(-c2cc(F)c3nc(C4COc5ccc(C(=O)NC6CCCC6)cc5C4)[nH]c3c2)n1.O=C(O)C(F)(F)F. The van der Waals surface area contributed by atoms with E-state index >= 15 is 0 Å². The highest BCUT2D eigenvalue weighted by molar-refractivity contribution is 5.94. The van der Waals surface area contributed by atoms with Crippen LogP contribution >= 0.6 is 0 Å². The van der Waals surface area contributed by atoms with Gasteiger partial charge in [-0.25, -0.2) is 24.1 Å². The highest BCUT2D eigenvalue weighted by Gasteiger charge is 2.38. The lowest BCUT2D eigenvalue weighted by Gasteiger charge is -2.24. The van der Waals surface area contributed by atoms with E-state index < -0.39 is 18.0 Å². The Kier molecular flexibility index (Phi) is 7.96. The van der Waals surface area contributed by atoms with Crippen LogP contribution in [0.3, 0.4) is 0 Å². The summed E-state index contributed by atoms with van der Waals surface area (Å²) in [5.74, 6) is -1.81. The number of rotatable bonds is 4. The van der Waals surface area contributed by atoms with Gasteiger partial charge in [-0.3, -0.25) is 4.79 Å². The monoisotopic (exact) mass is 586 g/mol. The second-order valence-electron chi connectivity index (χ2n) is 10.1. The first-order valence-corrected chi connectivity index (χ1v) is 13.1. The van der Waals surface area contributed by atoms with Crippen molar-refractivity contribution in [1.82, 2.24) is 25.3 Å². The molecule has 5 N–H and O–H groups in total. The lowest BCUT2D eigenvalue weighted by Crippen LogP contribution is -2.32. The highest BCUT2D eigenvalue weighted by Crippen LogP contribution is 2.34. The van der Waals surface area contributed by atoms with Crippen molar-refractivity contribution >= 4 is 28.9 Å². The number of aliphatic carboxylic acids is 1. The summed E-state index contributed by atoms with van der Waals surface area (Å²) in [6.07, 6.45) is 1.50. The van der Waals surface area contributed by atoms with E-state index in [2.05, 4.69) is 25.3 Å². The molecule has 6 rings (SSSR count). The van der Waals surface area contributed by atoms with Gasteiger partial charge in [-0.15, -0.1) is 0 Å². The lowest BCUT2D eigenvalue weighted by molar-refractivity contribution is -0.192. The van der Waals surface area contributed by atoms with Gasteiger partial charge in [0.05, 0.1) is 23.7 Å². The molecule has 220 valence electrons. The van der Waals surface area contributed by atoms with Crippen LogP contribution < -0.4 is 15.8 Å². The van der Waals surface area contributed by atoms with Crippen LogP contribution in [-0.2, 0) is 11.2 Å². The number of nitrogen functional groups attached to an aromatic ring is 1. The molecule has 1 saturated carbocycles. The minimum atomic E-state index is -5.08. The molecule has 14 heteroatoms. The predicted octanol–water partition coefficient (Wildman–Crippen LogP) is 4.77. The Balaban J connectivity index is 0.000000451. The summed E-state index contributed by atoms with van der Waals surface area (Å²) in [6.45, 7) is 0.414. The van der Waals surface area contributed by atoms with Crippen LogP contribution in [0.25, 0.3) is 22.3 Å². The Labute approximate surface area is 236 Å². The van der Waals surface area contributed by atoms with Gasteiger partial charge in [0, 0.05) is 23.4 Å². The number of aromatic amines is 1. The number of alkyl halides is 3. The van der Waals surface area contributed by atoms with Gasteiger partial charge in [0.2, 0.25) is 5.95 Å². The summed E-state index contributed by atoms with van der Waals surface area (Å²) in [6, 6.07) is 10.7. The number of carbonyl (C=O) groups excluding carboxylic acids is 1. The number of H-pyrrole nitrogens is 1. The molecule has 0 radical (unpaired) electrons. The maximum absolute atomic E-state index is 14.9. The van der Waals surface area contributed by atoms with Crippen molar-refractivity contribution in [3.63, 3.8) is 0 Å². The minimum absolute atomic E-state index is 0.0504. The van der Waals surface area contributed by atoms with Crippen molar-refractivity contribution in [1.29, 1.82) is 0 Å². The summed E-state index contributed by atoms with van der Waals surface area (Å²) in [5, 5.41) is 10.3. The average molecular weight is 587 g/mol. The van der Waals surface area contributed by atoms with Crippen molar-refractivity contribution in [2.24, 2.45) is 0 Å². The Bertz CT molecular complexity index is 1630. The fourth-order valence-electron chi connectivity index (χ4n) is 5.02. The second kappa shape index (κ2) is 11.6. The normalized spacial score (nSPS) is 16.7. The van der Waals surface area contributed by atoms with E-state index in [4.69, 9.17) is 20.4 Å². The summed E-state index contributed by atoms with van der Waals surface area (Å²) >= 11 is 0. The Hall–Kier alpha value is -4.75. The molecule has 42 heavy (non-hydrogen) atoms. The number of nitrogens with zero attached hydrogens (tertiary/aromatic N) is 3. The fourth-order valence-corrected chi connectivity index (χ4v) is 5.02. The van der Waals surface area contributed by atoms with Crippen LogP contribution in [-0.4, -0.2) is 55.7 Å². The number of fused-ring (bicyclic) bond motifs is 2. The van der Waals surface area contributed by atoms with Gasteiger partial charge in [0.25, 0.3) is 5.91 Å². The molecule has 2 aliphatic rings. The van der Waals surface area contributed by atoms with Gasteiger partial charge in [-0.1, -0.05) is 12.8 Å². The number of halogens is 4. The molecular weight excluding hydrogens is 560 g/mol. The molecule has 1 aliphatic carbocycles. The van der Waals surface area contributed by atoms with Gasteiger partial charge in [-0.2, -0.15) is 13.2 Å². The van der Waals surface area contributed by atoms with Crippen molar-refractivity contribution in [2.75, 3.05) is 12.3 Å². The molecule has 1 fully saturated rings. The predicted molar refractivity (Wildman–Crippen MR) is 143 cm³/mol. The molecule has 1 atom stereocenters. The van der Waals surface area contributed by atoms with E-state index in [0.717, 1.165) is 37.0 Å². The number of carboxylic acids is 1. The third-order valence-corrected chi connectivity index (χ3v) is 7.08. The maximum Gasteiger partial charge on any atom is 0.490 e. The van der Waals surface area contributed by atoms with E-state index in [9.17, 15) is 22.4 Å². The number of ether oxygens (including phenoxy) is 1. The molecule has 2 aromatic heterocycles. The molecule has 2 aromatic carbocycles. The Morgan fingerprint density at radius 1 is 1.10 bits per heavy atom. The highest BCUT2D eigenvalue weighted by atomic mass is 19.4. The topological polar surface area (TPSA) is 156 Å². The molecule has 4 aromatic rings. The number of hydrogen-bond donors (Lipinski definition) is 4. The second-order valence-corrected chi connectivity index (χ2v) is 10.1. The van der Waals surface area contributed by atoms with Crippen LogP contribution in [0.5, 0.6) is 5.75 Å². The molecule has 0 spiro atoms. The van der Waals surface area contributed by atoms with Crippen LogP contribution in [0, 0.1) is 5.82 Å². The van der Waals surface area contributed by atoms with Crippen molar-refractivity contribution < 1.29 is 37.0 Å². The zero-order valence-corrected chi connectivity index (χ0v) is 22.0. The average Bonchev–Trinajstić information content (AvgIpc) is 3.62. The number of carbonyl (C=O) groups is 2. The summed E-state index contributed by atoms with van der Waals surface area (Å²) in [4.78, 5) is 37.5. The smallest absolute Gasteiger partial charge is 0.490 e. The number of imidazole rings is 1. The van der Waals surface area contributed by atoms with E-state index in [1.165, 1.54) is 12.3 Å². The summed E-state index contributed by atoms with van der Waals surface area (Å²) in [5.41, 5.74) is 9.21. The van der Waals surface area contributed by atoms with Gasteiger partial charge < -0.3 is 25.9 Å². The van der Waals surface area contributed by atoms with E-state index in [-0.39, 0.29) is 29.3 Å². The zero-order chi connectivity index (χ0) is 30.0.